The SMILES string of the molecule is CCOC(=O)Cc1cccc(OC(=O)c2nc(-c3cccc(CNC(=O)OC(C)(C)C)c3)nc3ccccc23)c1N. The number of alkyl carbamates (subject to hydrolysis) is 1. The van der Waals surface area contributed by atoms with Crippen LogP contribution in [0, 0.1) is 0 Å². The van der Waals surface area contributed by atoms with E-state index in [2.05, 4.69) is 15.3 Å². The molecule has 1 aromatic heterocycles. The smallest absolute Gasteiger partial charge is 0.407 e. The normalized spacial score (nSPS) is 11.1. The number of nitrogen functional groups attached to an aromatic ring is 1. The minimum absolute atomic E-state index is 0.0508. The summed E-state index contributed by atoms with van der Waals surface area (Å²) >= 11 is 0. The van der Waals surface area contributed by atoms with Crippen molar-refractivity contribution < 1.29 is 28.6 Å². The number of carbonyl (C=O) groups excluding carboxylic acids is 3. The van der Waals surface area contributed by atoms with E-state index in [4.69, 9.17) is 19.9 Å². The first-order valence-electron chi connectivity index (χ1n) is 13.1. The molecule has 0 saturated heterocycles. The summed E-state index contributed by atoms with van der Waals surface area (Å²) in [7, 11) is 0. The molecular weight excluding hydrogens is 524 g/mol. The fourth-order valence-electron chi connectivity index (χ4n) is 4.02. The Bertz CT molecular complexity index is 1600. The molecule has 1 amide bonds. The number of esters is 2. The van der Waals surface area contributed by atoms with Crippen LogP contribution < -0.4 is 15.8 Å². The van der Waals surface area contributed by atoms with Gasteiger partial charge in [-0.3, -0.25) is 4.79 Å². The van der Waals surface area contributed by atoms with Crippen LogP contribution in [0.5, 0.6) is 5.75 Å². The Morgan fingerprint density at radius 2 is 1.71 bits per heavy atom. The van der Waals surface area contributed by atoms with E-state index in [0.29, 0.717) is 27.9 Å². The molecule has 0 aliphatic carbocycles. The number of hydrogen-bond acceptors (Lipinski definition) is 9. The van der Waals surface area contributed by atoms with Crippen LogP contribution in [0.25, 0.3) is 22.3 Å². The van der Waals surface area contributed by atoms with Gasteiger partial charge in [0.25, 0.3) is 0 Å². The summed E-state index contributed by atoms with van der Waals surface area (Å²) in [5.74, 6) is -0.750. The van der Waals surface area contributed by atoms with Gasteiger partial charge in [-0.2, -0.15) is 0 Å². The van der Waals surface area contributed by atoms with Crippen molar-refractivity contribution >= 4 is 34.6 Å². The van der Waals surface area contributed by atoms with Gasteiger partial charge in [0, 0.05) is 17.5 Å². The number of carbonyl (C=O) groups is 3. The highest BCUT2D eigenvalue weighted by Gasteiger charge is 2.21. The average molecular weight is 557 g/mol. The lowest BCUT2D eigenvalue weighted by Gasteiger charge is -2.19. The van der Waals surface area contributed by atoms with E-state index < -0.39 is 23.6 Å². The van der Waals surface area contributed by atoms with Crippen molar-refractivity contribution in [2.75, 3.05) is 12.3 Å². The van der Waals surface area contributed by atoms with Gasteiger partial charge < -0.3 is 25.3 Å². The van der Waals surface area contributed by atoms with E-state index in [1.165, 1.54) is 0 Å². The molecule has 10 nitrogen and oxygen atoms in total. The third-order valence-corrected chi connectivity index (χ3v) is 5.82. The largest absolute Gasteiger partial charge is 0.466 e. The second-order valence-electron chi connectivity index (χ2n) is 10.2. The molecule has 0 saturated carbocycles. The summed E-state index contributed by atoms with van der Waals surface area (Å²) in [6.07, 6.45) is -0.578. The highest BCUT2D eigenvalue weighted by Crippen LogP contribution is 2.28. The second-order valence-corrected chi connectivity index (χ2v) is 10.2. The van der Waals surface area contributed by atoms with Gasteiger partial charge in [-0.05, 0) is 57.0 Å². The Balaban J connectivity index is 1.62. The van der Waals surface area contributed by atoms with E-state index in [0.717, 1.165) is 5.56 Å². The predicted molar refractivity (Wildman–Crippen MR) is 154 cm³/mol. The van der Waals surface area contributed by atoms with Crippen LogP contribution in [-0.4, -0.2) is 40.2 Å². The van der Waals surface area contributed by atoms with E-state index in [1.807, 2.05) is 30.3 Å². The van der Waals surface area contributed by atoms with Crippen LogP contribution in [-0.2, 0) is 27.2 Å². The number of hydrogen-bond donors (Lipinski definition) is 2. The van der Waals surface area contributed by atoms with E-state index in [1.54, 1.807) is 64.1 Å². The molecule has 41 heavy (non-hydrogen) atoms. The summed E-state index contributed by atoms with van der Waals surface area (Å²) in [6, 6.07) is 19.3. The minimum atomic E-state index is -0.729. The summed E-state index contributed by atoms with van der Waals surface area (Å²) < 4.78 is 16.0. The Morgan fingerprint density at radius 1 is 0.951 bits per heavy atom. The maximum Gasteiger partial charge on any atom is 0.407 e. The lowest BCUT2D eigenvalue weighted by Crippen LogP contribution is -2.32. The molecule has 0 bridgehead atoms. The number of amides is 1. The average Bonchev–Trinajstić information content (AvgIpc) is 2.93. The lowest BCUT2D eigenvalue weighted by atomic mass is 10.1. The monoisotopic (exact) mass is 556 g/mol. The minimum Gasteiger partial charge on any atom is -0.466 e. The van der Waals surface area contributed by atoms with Crippen molar-refractivity contribution in [2.24, 2.45) is 0 Å². The lowest BCUT2D eigenvalue weighted by molar-refractivity contribution is -0.142. The van der Waals surface area contributed by atoms with Crippen molar-refractivity contribution in [3.05, 3.63) is 83.6 Å². The Labute approximate surface area is 237 Å². The zero-order valence-corrected chi connectivity index (χ0v) is 23.4. The topological polar surface area (TPSA) is 143 Å². The maximum atomic E-state index is 13.4. The number of nitrogens with zero attached hydrogens (tertiary/aromatic N) is 2. The zero-order valence-electron chi connectivity index (χ0n) is 23.4. The second kappa shape index (κ2) is 12.5. The van der Waals surface area contributed by atoms with Crippen LogP contribution in [0.15, 0.2) is 66.7 Å². The van der Waals surface area contributed by atoms with Gasteiger partial charge in [0.15, 0.2) is 17.3 Å². The molecule has 0 radical (unpaired) electrons. The third-order valence-electron chi connectivity index (χ3n) is 5.82. The number of aromatic nitrogens is 2. The molecule has 1 heterocycles. The van der Waals surface area contributed by atoms with Crippen LogP contribution in [0.1, 0.15) is 49.3 Å². The molecule has 212 valence electrons. The van der Waals surface area contributed by atoms with Crippen molar-refractivity contribution in [1.82, 2.24) is 15.3 Å². The number of nitrogens with two attached hydrogens (primary N) is 1. The van der Waals surface area contributed by atoms with Crippen molar-refractivity contribution in [3.63, 3.8) is 0 Å². The predicted octanol–water partition coefficient (Wildman–Crippen LogP) is 5.23. The molecule has 0 fully saturated rings. The number of benzene rings is 3. The van der Waals surface area contributed by atoms with Gasteiger partial charge in [0.1, 0.15) is 5.60 Å². The molecule has 0 unspecified atom stereocenters. The Morgan fingerprint density at radius 3 is 2.46 bits per heavy atom. The van der Waals surface area contributed by atoms with Gasteiger partial charge in [-0.25, -0.2) is 19.6 Å². The van der Waals surface area contributed by atoms with Crippen molar-refractivity contribution in [3.8, 4) is 17.1 Å². The quantitative estimate of drug-likeness (QED) is 0.169. The maximum absolute atomic E-state index is 13.4. The number of anilines is 1. The molecule has 3 N–H and O–H groups in total. The first-order chi connectivity index (χ1) is 19.5. The summed E-state index contributed by atoms with van der Waals surface area (Å²) in [4.78, 5) is 46.7. The first-order valence-corrected chi connectivity index (χ1v) is 13.1. The van der Waals surface area contributed by atoms with E-state index in [-0.39, 0.29) is 36.7 Å². The first kappa shape index (κ1) is 29.0. The molecule has 10 heteroatoms. The molecular formula is C31H32N4O6. The summed E-state index contributed by atoms with van der Waals surface area (Å²) in [5.41, 5.74) is 8.31. The molecule has 0 aliphatic rings. The zero-order chi connectivity index (χ0) is 29.6. The van der Waals surface area contributed by atoms with Crippen LogP contribution in [0.2, 0.25) is 0 Å². The summed E-state index contributed by atoms with van der Waals surface area (Å²) in [6.45, 7) is 7.58. The Kier molecular flexibility index (Phi) is 8.81. The molecule has 0 atom stereocenters. The fourth-order valence-corrected chi connectivity index (χ4v) is 4.02. The number of para-hydroxylation sites is 2. The van der Waals surface area contributed by atoms with E-state index in [9.17, 15) is 14.4 Å². The van der Waals surface area contributed by atoms with Crippen molar-refractivity contribution in [1.29, 1.82) is 0 Å². The van der Waals surface area contributed by atoms with Crippen LogP contribution in [0.3, 0.4) is 0 Å². The Hall–Kier alpha value is -4.99. The van der Waals surface area contributed by atoms with Crippen LogP contribution in [0.4, 0.5) is 10.5 Å². The molecule has 4 rings (SSSR count). The van der Waals surface area contributed by atoms with Gasteiger partial charge >= 0.3 is 18.0 Å². The van der Waals surface area contributed by atoms with Gasteiger partial charge in [-0.1, -0.05) is 48.5 Å². The van der Waals surface area contributed by atoms with Crippen LogP contribution >= 0.6 is 0 Å². The summed E-state index contributed by atoms with van der Waals surface area (Å²) in [5, 5.41) is 3.24. The number of ether oxygens (including phenoxy) is 3. The van der Waals surface area contributed by atoms with E-state index >= 15 is 0 Å². The number of rotatable bonds is 8. The fraction of sp³-hybridized carbons (Fsp3) is 0.258. The van der Waals surface area contributed by atoms with Gasteiger partial charge in [0.2, 0.25) is 0 Å². The number of fused-ring (bicyclic) bond motifs is 1. The highest BCUT2D eigenvalue weighted by atomic mass is 16.6. The standard InChI is InChI=1S/C31H32N4O6/c1-5-39-25(36)17-20-11-9-15-24(26(20)32)40-29(37)27-22-13-6-7-14-23(22)34-28(35-27)21-12-8-10-19(16-21)18-33-30(38)41-31(2,3)4/h6-16H,5,17-18,32H2,1-4H3,(H,33,38). The highest BCUT2D eigenvalue weighted by molar-refractivity contribution is 6.03. The molecule has 0 spiro atoms. The molecule has 0 aliphatic heterocycles. The molecule has 4 aromatic rings. The van der Waals surface area contributed by atoms with Crippen molar-refractivity contribution in [2.45, 2.75) is 46.3 Å². The third kappa shape index (κ3) is 7.57. The number of nitrogens with one attached hydrogen (secondary N) is 1. The van der Waals surface area contributed by atoms with Gasteiger partial charge in [-0.15, -0.1) is 0 Å². The molecule has 3 aromatic carbocycles. The van der Waals surface area contributed by atoms with Gasteiger partial charge in [0.05, 0.1) is 24.2 Å².